The van der Waals surface area contributed by atoms with E-state index < -0.39 is 0 Å². The minimum Gasteiger partial charge on any atom is -0.508 e. The Hall–Kier alpha value is -2.40. The molecule has 2 aromatic rings. The summed E-state index contributed by atoms with van der Waals surface area (Å²) in [7, 11) is 0. The monoisotopic (exact) mass is 286 g/mol. The van der Waals surface area contributed by atoms with Gasteiger partial charge in [-0.05, 0) is 42.0 Å². The van der Waals surface area contributed by atoms with Gasteiger partial charge >= 0.3 is 0 Å². The normalized spacial score (nSPS) is 10.0. The molecule has 0 aliphatic rings. The number of aromatic hydroxyl groups is 1. The second-order valence-corrected chi connectivity index (χ2v) is 4.87. The van der Waals surface area contributed by atoms with Crippen LogP contribution < -0.4 is 11.1 Å². The lowest BCUT2D eigenvalue weighted by molar-refractivity contribution is 0.102. The molecule has 20 heavy (non-hydrogen) atoms. The van der Waals surface area contributed by atoms with Crippen LogP contribution in [0.25, 0.3) is 0 Å². The number of benzene rings is 2. The highest BCUT2D eigenvalue weighted by Gasteiger charge is 2.06. The SMILES string of the molecule is NC(=S)Cc1ccc(C(=O)Nc2ccc(O)cc2)cc1. The van der Waals surface area contributed by atoms with Gasteiger partial charge in [-0.1, -0.05) is 24.4 Å². The molecule has 0 saturated heterocycles. The van der Waals surface area contributed by atoms with Gasteiger partial charge in [-0.25, -0.2) is 0 Å². The number of hydrogen-bond acceptors (Lipinski definition) is 3. The summed E-state index contributed by atoms with van der Waals surface area (Å²) in [5.74, 6) is -0.0531. The van der Waals surface area contributed by atoms with Crippen LogP contribution in [-0.4, -0.2) is 16.0 Å². The van der Waals surface area contributed by atoms with Crippen molar-refractivity contribution in [3.8, 4) is 5.75 Å². The van der Waals surface area contributed by atoms with Gasteiger partial charge in [0.2, 0.25) is 0 Å². The summed E-state index contributed by atoms with van der Waals surface area (Å²) in [5.41, 5.74) is 7.61. The Morgan fingerprint density at radius 3 is 2.25 bits per heavy atom. The Morgan fingerprint density at radius 2 is 1.70 bits per heavy atom. The number of carbonyl (C=O) groups is 1. The number of phenolic OH excluding ortho intramolecular Hbond substituents is 1. The van der Waals surface area contributed by atoms with E-state index in [1.54, 1.807) is 24.3 Å². The van der Waals surface area contributed by atoms with Crippen LogP contribution in [0.2, 0.25) is 0 Å². The molecule has 0 saturated carbocycles. The summed E-state index contributed by atoms with van der Waals surface area (Å²) in [6.45, 7) is 0. The minimum atomic E-state index is -0.211. The van der Waals surface area contributed by atoms with E-state index in [1.807, 2.05) is 12.1 Å². The number of nitrogens with one attached hydrogen (secondary N) is 1. The smallest absolute Gasteiger partial charge is 0.255 e. The highest BCUT2D eigenvalue weighted by Crippen LogP contribution is 2.15. The van der Waals surface area contributed by atoms with E-state index in [-0.39, 0.29) is 11.7 Å². The highest BCUT2D eigenvalue weighted by molar-refractivity contribution is 7.80. The van der Waals surface area contributed by atoms with Crippen LogP contribution in [0.15, 0.2) is 48.5 Å². The molecular formula is C15H14N2O2S. The number of anilines is 1. The van der Waals surface area contributed by atoms with Gasteiger partial charge in [-0.15, -0.1) is 0 Å². The number of phenols is 1. The molecule has 0 fully saturated rings. The maximum absolute atomic E-state index is 12.0. The van der Waals surface area contributed by atoms with Gasteiger partial charge in [0.15, 0.2) is 0 Å². The zero-order valence-corrected chi connectivity index (χ0v) is 11.5. The van der Waals surface area contributed by atoms with Gasteiger partial charge in [0.05, 0.1) is 4.99 Å². The molecule has 0 radical (unpaired) electrons. The van der Waals surface area contributed by atoms with Gasteiger partial charge in [0.25, 0.3) is 5.91 Å². The number of amides is 1. The average molecular weight is 286 g/mol. The van der Waals surface area contributed by atoms with E-state index in [2.05, 4.69) is 5.32 Å². The molecule has 0 aromatic heterocycles. The number of nitrogens with two attached hydrogens (primary N) is 1. The maximum Gasteiger partial charge on any atom is 0.255 e. The molecular weight excluding hydrogens is 272 g/mol. The first-order chi connectivity index (χ1) is 9.54. The third kappa shape index (κ3) is 3.80. The van der Waals surface area contributed by atoms with E-state index in [9.17, 15) is 9.90 Å². The molecule has 0 unspecified atom stereocenters. The zero-order chi connectivity index (χ0) is 14.5. The van der Waals surface area contributed by atoms with E-state index in [0.29, 0.717) is 22.7 Å². The van der Waals surface area contributed by atoms with Crippen molar-refractivity contribution in [1.29, 1.82) is 0 Å². The first kappa shape index (κ1) is 14.0. The molecule has 2 aromatic carbocycles. The van der Waals surface area contributed by atoms with E-state index in [4.69, 9.17) is 18.0 Å². The van der Waals surface area contributed by atoms with Gasteiger partial charge in [-0.2, -0.15) is 0 Å². The van der Waals surface area contributed by atoms with E-state index >= 15 is 0 Å². The number of hydrogen-bond donors (Lipinski definition) is 3. The summed E-state index contributed by atoms with van der Waals surface area (Å²) in [4.78, 5) is 12.4. The molecule has 0 aliphatic carbocycles. The van der Waals surface area contributed by atoms with Crippen molar-refractivity contribution in [2.45, 2.75) is 6.42 Å². The van der Waals surface area contributed by atoms with Crippen molar-refractivity contribution in [3.05, 3.63) is 59.7 Å². The van der Waals surface area contributed by atoms with E-state index in [0.717, 1.165) is 5.56 Å². The Labute approximate surface area is 122 Å². The van der Waals surface area contributed by atoms with E-state index in [1.165, 1.54) is 12.1 Å². The topological polar surface area (TPSA) is 75.4 Å². The molecule has 5 heteroatoms. The van der Waals surface area contributed by atoms with Crippen LogP contribution in [0.1, 0.15) is 15.9 Å². The van der Waals surface area contributed by atoms with Crippen molar-refractivity contribution in [1.82, 2.24) is 0 Å². The summed E-state index contributed by atoms with van der Waals surface area (Å²) in [5, 5.41) is 11.9. The van der Waals surface area contributed by atoms with Crippen LogP contribution in [-0.2, 0) is 6.42 Å². The fourth-order valence-corrected chi connectivity index (χ4v) is 1.89. The Kier molecular flexibility index (Phi) is 4.32. The van der Waals surface area contributed by atoms with Gasteiger partial charge in [0, 0.05) is 17.7 Å². The molecule has 0 bridgehead atoms. The van der Waals surface area contributed by atoms with Gasteiger partial charge in [0.1, 0.15) is 5.75 Å². The summed E-state index contributed by atoms with van der Waals surface area (Å²) >= 11 is 4.84. The van der Waals surface area contributed by atoms with Gasteiger partial charge in [-0.3, -0.25) is 4.79 Å². The summed E-state index contributed by atoms with van der Waals surface area (Å²) in [6, 6.07) is 13.4. The molecule has 1 amide bonds. The fraction of sp³-hybridized carbons (Fsp3) is 0.0667. The second kappa shape index (κ2) is 6.16. The van der Waals surface area contributed by atoms with Crippen LogP contribution in [0.3, 0.4) is 0 Å². The molecule has 0 spiro atoms. The molecule has 0 aliphatic heterocycles. The molecule has 0 atom stereocenters. The van der Waals surface area contributed by atoms with Crippen LogP contribution in [0.5, 0.6) is 5.75 Å². The largest absolute Gasteiger partial charge is 0.508 e. The number of carbonyl (C=O) groups excluding carboxylic acids is 1. The molecule has 2 rings (SSSR count). The maximum atomic E-state index is 12.0. The quantitative estimate of drug-likeness (QED) is 0.596. The fourth-order valence-electron chi connectivity index (χ4n) is 1.72. The van der Waals surface area contributed by atoms with Gasteiger partial charge < -0.3 is 16.2 Å². The molecule has 102 valence electrons. The summed E-state index contributed by atoms with van der Waals surface area (Å²) in [6.07, 6.45) is 0.523. The highest BCUT2D eigenvalue weighted by atomic mass is 32.1. The molecule has 0 heterocycles. The average Bonchev–Trinajstić information content (AvgIpc) is 2.41. The Balaban J connectivity index is 2.05. The first-order valence-electron chi connectivity index (χ1n) is 6.02. The van der Waals surface area contributed by atoms with Crippen LogP contribution in [0, 0.1) is 0 Å². The van der Waals surface area contributed by atoms with Crippen molar-refractivity contribution >= 4 is 28.8 Å². The third-order valence-corrected chi connectivity index (χ3v) is 2.86. The number of rotatable bonds is 4. The molecule has 4 N–H and O–H groups in total. The Morgan fingerprint density at radius 1 is 1.10 bits per heavy atom. The lowest BCUT2D eigenvalue weighted by Gasteiger charge is -2.06. The van der Waals surface area contributed by atoms with Crippen molar-refractivity contribution in [2.75, 3.05) is 5.32 Å². The standard InChI is InChI=1S/C15H14N2O2S/c16-14(20)9-10-1-3-11(4-2-10)15(19)17-12-5-7-13(18)8-6-12/h1-8,18H,9H2,(H2,16,20)(H,17,19). The van der Waals surface area contributed by atoms with Crippen LogP contribution in [0.4, 0.5) is 5.69 Å². The lowest BCUT2D eigenvalue weighted by Crippen LogP contribution is -2.13. The minimum absolute atomic E-state index is 0.158. The van der Waals surface area contributed by atoms with Crippen molar-refractivity contribution < 1.29 is 9.90 Å². The van der Waals surface area contributed by atoms with Crippen molar-refractivity contribution in [3.63, 3.8) is 0 Å². The Bertz CT molecular complexity index is 621. The van der Waals surface area contributed by atoms with Crippen molar-refractivity contribution in [2.24, 2.45) is 5.73 Å². The zero-order valence-electron chi connectivity index (χ0n) is 10.7. The number of thiocarbonyl (C=S) groups is 1. The summed E-state index contributed by atoms with van der Waals surface area (Å²) < 4.78 is 0. The second-order valence-electron chi connectivity index (χ2n) is 4.34. The third-order valence-electron chi connectivity index (χ3n) is 2.72. The first-order valence-corrected chi connectivity index (χ1v) is 6.43. The van der Waals surface area contributed by atoms with Crippen LogP contribution >= 0.6 is 12.2 Å². The lowest BCUT2D eigenvalue weighted by atomic mass is 10.1. The molecule has 4 nitrogen and oxygen atoms in total. The predicted octanol–water partition coefficient (Wildman–Crippen LogP) is 2.47. The predicted molar refractivity (Wildman–Crippen MR) is 83.0 cm³/mol.